The van der Waals surface area contributed by atoms with E-state index in [4.69, 9.17) is 14.2 Å². The summed E-state index contributed by atoms with van der Waals surface area (Å²) in [6.45, 7) is 3.33. The van der Waals surface area contributed by atoms with Gasteiger partial charge in [-0.05, 0) is 50.4 Å². The lowest BCUT2D eigenvalue weighted by molar-refractivity contribution is 0.0116. The van der Waals surface area contributed by atoms with Gasteiger partial charge in [0.2, 0.25) is 5.75 Å². The number of benzene rings is 1. The van der Waals surface area contributed by atoms with Gasteiger partial charge >= 0.3 is 0 Å². The first-order chi connectivity index (χ1) is 9.36. The van der Waals surface area contributed by atoms with E-state index in [1.165, 1.54) is 5.56 Å². The Hall–Kier alpha value is -1.42. The number of aryl methyl sites for hydroxylation is 1. The van der Waals surface area contributed by atoms with Gasteiger partial charge in [0.25, 0.3) is 0 Å². The smallest absolute Gasteiger partial charge is 0.204 e. The Balaban J connectivity index is 1.72. The second kappa shape index (κ2) is 4.30. The Bertz CT molecular complexity index is 494. The van der Waals surface area contributed by atoms with Gasteiger partial charge in [-0.15, -0.1) is 0 Å². The van der Waals surface area contributed by atoms with Crippen LogP contribution in [0.2, 0.25) is 0 Å². The van der Waals surface area contributed by atoms with Gasteiger partial charge in [-0.1, -0.05) is 6.07 Å². The van der Waals surface area contributed by atoms with Gasteiger partial charge in [-0.25, -0.2) is 0 Å². The van der Waals surface area contributed by atoms with Crippen molar-refractivity contribution in [3.8, 4) is 17.2 Å². The number of rotatable bonds is 0. The van der Waals surface area contributed by atoms with Crippen LogP contribution < -0.4 is 19.5 Å². The van der Waals surface area contributed by atoms with Gasteiger partial charge in [0.1, 0.15) is 18.8 Å². The Morgan fingerprint density at radius 1 is 0.947 bits per heavy atom. The Morgan fingerprint density at radius 2 is 1.79 bits per heavy atom. The maximum absolute atomic E-state index is 6.41. The number of ether oxygens (including phenoxy) is 3. The molecule has 1 aromatic carbocycles. The molecule has 1 N–H and O–H groups in total. The van der Waals surface area contributed by atoms with E-state index in [0.717, 1.165) is 56.0 Å². The van der Waals surface area contributed by atoms with E-state index in [0.29, 0.717) is 13.2 Å². The summed E-state index contributed by atoms with van der Waals surface area (Å²) < 4.78 is 17.9. The van der Waals surface area contributed by atoms with Crippen molar-refractivity contribution < 1.29 is 14.2 Å². The number of hydrogen-bond donors (Lipinski definition) is 1. The van der Waals surface area contributed by atoms with Crippen LogP contribution in [-0.4, -0.2) is 31.9 Å². The zero-order valence-electron chi connectivity index (χ0n) is 11.0. The third-order valence-corrected chi connectivity index (χ3v) is 4.43. The highest BCUT2D eigenvalue weighted by atomic mass is 16.6. The molecule has 0 unspecified atom stereocenters. The summed E-state index contributed by atoms with van der Waals surface area (Å²) in [7, 11) is 0. The van der Waals surface area contributed by atoms with Crippen molar-refractivity contribution in [3.05, 3.63) is 17.7 Å². The van der Waals surface area contributed by atoms with E-state index in [1.807, 2.05) is 6.07 Å². The SMILES string of the molecule is c1cc2c(c3c1CCC1(CCNCC1)O3)OCCO2. The summed E-state index contributed by atoms with van der Waals surface area (Å²) in [6, 6.07) is 4.13. The minimum absolute atomic E-state index is 0.00812. The van der Waals surface area contributed by atoms with Gasteiger partial charge < -0.3 is 19.5 Å². The van der Waals surface area contributed by atoms with Crippen LogP contribution in [0.25, 0.3) is 0 Å². The second-order valence-electron chi connectivity index (χ2n) is 5.61. The fourth-order valence-corrected chi connectivity index (χ4v) is 3.30. The molecule has 0 atom stereocenters. The topological polar surface area (TPSA) is 39.7 Å². The predicted molar refractivity (Wildman–Crippen MR) is 71.2 cm³/mol. The largest absolute Gasteiger partial charge is 0.486 e. The fourth-order valence-electron chi connectivity index (χ4n) is 3.30. The molecule has 0 radical (unpaired) electrons. The monoisotopic (exact) mass is 261 g/mol. The van der Waals surface area contributed by atoms with E-state index < -0.39 is 0 Å². The van der Waals surface area contributed by atoms with Gasteiger partial charge in [0.05, 0.1) is 0 Å². The standard InChI is InChI=1S/C15H19NO3/c1-2-12-14(18-10-9-17-12)13-11(1)3-4-15(19-13)5-7-16-8-6-15/h1-2,16H,3-10H2. The molecular weight excluding hydrogens is 242 g/mol. The molecule has 0 aromatic heterocycles. The molecule has 3 heterocycles. The first-order valence-electron chi connectivity index (χ1n) is 7.18. The van der Waals surface area contributed by atoms with Gasteiger partial charge in [0, 0.05) is 0 Å². The van der Waals surface area contributed by atoms with Crippen molar-refractivity contribution in [1.82, 2.24) is 5.32 Å². The number of hydrogen-bond acceptors (Lipinski definition) is 4. The first kappa shape index (κ1) is 11.4. The summed E-state index contributed by atoms with van der Waals surface area (Å²) >= 11 is 0. The number of fused-ring (bicyclic) bond motifs is 3. The molecule has 1 fully saturated rings. The normalized spacial score (nSPS) is 23.6. The van der Waals surface area contributed by atoms with Crippen LogP contribution in [0.3, 0.4) is 0 Å². The van der Waals surface area contributed by atoms with Crippen molar-refractivity contribution in [2.75, 3.05) is 26.3 Å². The fraction of sp³-hybridized carbons (Fsp3) is 0.600. The van der Waals surface area contributed by atoms with Crippen LogP contribution >= 0.6 is 0 Å². The van der Waals surface area contributed by atoms with E-state index in [9.17, 15) is 0 Å². The van der Waals surface area contributed by atoms with E-state index in [-0.39, 0.29) is 5.60 Å². The molecule has 102 valence electrons. The van der Waals surface area contributed by atoms with Gasteiger partial charge in [-0.3, -0.25) is 0 Å². The van der Waals surface area contributed by atoms with Crippen molar-refractivity contribution in [2.45, 2.75) is 31.3 Å². The maximum Gasteiger partial charge on any atom is 0.204 e. The summed E-state index contributed by atoms with van der Waals surface area (Å²) in [6.07, 6.45) is 4.35. The van der Waals surface area contributed by atoms with Gasteiger partial charge in [-0.2, -0.15) is 0 Å². The quantitative estimate of drug-likeness (QED) is 0.774. The summed E-state index contributed by atoms with van der Waals surface area (Å²) in [5.74, 6) is 2.59. The van der Waals surface area contributed by atoms with Crippen molar-refractivity contribution in [2.24, 2.45) is 0 Å². The third-order valence-electron chi connectivity index (χ3n) is 4.43. The molecular formula is C15H19NO3. The predicted octanol–water partition coefficient (Wildman–Crippen LogP) is 1.90. The zero-order valence-corrected chi connectivity index (χ0v) is 11.0. The maximum atomic E-state index is 6.41. The minimum atomic E-state index is 0.00812. The highest BCUT2D eigenvalue weighted by molar-refractivity contribution is 5.57. The molecule has 3 aliphatic rings. The van der Waals surface area contributed by atoms with Crippen LogP contribution in [0, 0.1) is 0 Å². The second-order valence-corrected chi connectivity index (χ2v) is 5.61. The van der Waals surface area contributed by atoms with E-state index in [2.05, 4.69) is 11.4 Å². The molecule has 4 nitrogen and oxygen atoms in total. The van der Waals surface area contributed by atoms with E-state index in [1.54, 1.807) is 0 Å². The summed E-state index contributed by atoms with van der Waals surface area (Å²) in [5.41, 5.74) is 1.27. The van der Waals surface area contributed by atoms with Crippen LogP contribution in [0.5, 0.6) is 17.2 Å². The van der Waals surface area contributed by atoms with Crippen LogP contribution in [-0.2, 0) is 6.42 Å². The molecule has 4 heteroatoms. The minimum Gasteiger partial charge on any atom is -0.486 e. The molecule has 1 spiro atoms. The summed E-state index contributed by atoms with van der Waals surface area (Å²) in [5, 5.41) is 3.41. The molecule has 1 saturated heterocycles. The van der Waals surface area contributed by atoms with Gasteiger partial charge in [0.15, 0.2) is 11.5 Å². The van der Waals surface area contributed by atoms with Crippen LogP contribution in [0.15, 0.2) is 12.1 Å². The Morgan fingerprint density at radius 3 is 2.68 bits per heavy atom. The van der Waals surface area contributed by atoms with Crippen LogP contribution in [0.1, 0.15) is 24.8 Å². The lowest BCUT2D eigenvalue weighted by Gasteiger charge is -2.42. The molecule has 0 aliphatic carbocycles. The number of nitrogens with one attached hydrogen (secondary N) is 1. The lowest BCUT2D eigenvalue weighted by Crippen LogP contribution is -2.48. The molecule has 1 aromatic rings. The van der Waals surface area contributed by atoms with E-state index >= 15 is 0 Å². The molecule has 19 heavy (non-hydrogen) atoms. The van der Waals surface area contributed by atoms with Crippen molar-refractivity contribution in [3.63, 3.8) is 0 Å². The molecule has 4 rings (SSSR count). The molecule has 0 amide bonds. The molecule has 3 aliphatic heterocycles. The zero-order chi connectivity index (χ0) is 12.7. The van der Waals surface area contributed by atoms with Crippen molar-refractivity contribution in [1.29, 1.82) is 0 Å². The third kappa shape index (κ3) is 1.86. The summed E-state index contributed by atoms with van der Waals surface area (Å²) in [4.78, 5) is 0. The Labute approximate surface area is 113 Å². The lowest BCUT2D eigenvalue weighted by atomic mass is 9.83. The van der Waals surface area contributed by atoms with Crippen LogP contribution in [0.4, 0.5) is 0 Å². The highest BCUT2D eigenvalue weighted by Crippen LogP contribution is 2.48. The Kier molecular flexibility index (Phi) is 2.58. The van der Waals surface area contributed by atoms with Crippen molar-refractivity contribution >= 4 is 0 Å². The molecule has 0 saturated carbocycles. The highest BCUT2D eigenvalue weighted by Gasteiger charge is 2.39. The average Bonchev–Trinajstić information content (AvgIpc) is 2.48. The first-order valence-corrected chi connectivity index (χ1v) is 7.18. The molecule has 0 bridgehead atoms. The number of piperidine rings is 1. The average molecular weight is 261 g/mol.